The molecule has 0 aromatic heterocycles. The number of nitrogens with one attached hydrogen (secondary N) is 1. The highest BCUT2D eigenvalue weighted by Gasteiger charge is 2.34. The molecule has 0 unspecified atom stereocenters. The molecule has 3 nitrogen and oxygen atoms in total. The van der Waals surface area contributed by atoms with Crippen LogP contribution < -0.4 is 5.32 Å². The molecule has 1 heterocycles. The molecule has 1 fully saturated rings. The minimum atomic E-state index is -0.0651. The van der Waals surface area contributed by atoms with E-state index in [1.165, 1.54) is 5.56 Å². The molecule has 0 radical (unpaired) electrons. The van der Waals surface area contributed by atoms with E-state index in [1.54, 1.807) is 6.08 Å². The number of benzene rings is 2. The Balaban J connectivity index is 1.65. The van der Waals surface area contributed by atoms with Crippen LogP contribution in [0.5, 0.6) is 0 Å². The topological polar surface area (TPSA) is 38.3 Å². The number of hydrogen-bond donors (Lipinski definition) is 1. The molecule has 1 N–H and O–H groups in total. The maximum Gasteiger partial charge on any atom is 0.244 e. The van der Waals surface area contributed by atoms with Crippen LogP contribution in [0.2, 0.25) is 0 Å². The largest absolute Gasteiger partial charge is 0.381 e. The van der Waals surface area contributed by atoms with Gasteiger partial charge >= 0.3 is 0 Å². The summed E-state index contributed by atoms with van der Waals surface area (Å²) in [5.41, 5.74) is 2.23. The summed E-state index contributed by atoms with van der Waals surface area (Å²) in [6.45, 7) is 2.10. The third kappa shape index (κ3) is 4.80. The third-order valence-corrected chi connectivity index (χ3v) is 5.26. The summed E-state index contributed by atoms with van der Waals surface area (Å²) in [5, 5.41) is 3.08. The van der Waals surface area contributed by atoms with Gasteiger partial charge in [-0.15, -0.1) is 0 Å². The second-order valence-corrected chi connectivity index (χ2v) is 7.28. The molecule has 25 heavy (non-hydrogen) atoms. The monoisotopic (exact) mass is 399 g/mol. The number of rotatable bonds is 5. The van der Waals surface area contributed by atoms with Crippen LogP contribution in [0.1, 0.15) is 24.0 Å². The molecular formula is C21H22BrNO2. The highest BCUT2D eigenvalue weighted by atomic mass is 79.9. The van der Waals surface area contributed by atoms with Crippen LogP contribution in [-0.4, -0.2) is 25.7 Å². The van der Waals surface area contributed by atoms with Crippen molar-refractivity contribution >= 4 is 27.9 Å². The average molecular weight is 400 g/mol. The lowest BCUT2D eigenvalue weighted by atomic mass is 9.74. The molecule has 0 saturated carbocycles. The summed E-state index contributed by atoms with van der Waals surface area (Å²) in [4.78, 5) is 12.3. The lowest BCUT2D eigenvalue weighted by molar-refractivity contribution is -0.116. The number of halogens is 1. The molecule has 1 aliphatic heterocycles. The summed E-state index contributed by atoms with van der Waals surface area (Å²) in [7, 11) is 0. The number of ether oxygens (including phenoxy) is 1. The fourth-order valence-electron chi connectivity index (χ4n) is 3.18. The first-order valence-corrected chi connectivity index (χ1v) is 9.32. The third-order valence-electron chi connectivity index (χ3n) is 4.73. The van der Waals surface area contributed by atoms with Crippen LogP contribution in [-0.2, 0) is 14.9 Å². The van der Waals surface area contributed by atoms with E-state index in [1.807, 2.05) is 36.4 Å². The lowest BCUT2D eigenvalue weighted by Crippen LogP contribution is -2.44. The average Bonchev–Trinajstić information content (AvgIpc) is 2.67. The minimum absolute atomic E-state index is 0.0411. The zero-order valence-corrected chi connectivity index (χ0v) is 15.7. The van der Waals surface area contributed by atoms with Gasteiger partial charge in [0.15, 0.2) is 0 Å². The lowest BCUT2D eigenvalue weighted by Gasteiger charge is -2.37. The molecule has 0 bridgehead atoms. The van der Waals surface area contributed by atoms with Gasteiger partial charge in [0.2, 0.25) is 5.91 Å². The first kappa shape index (κ1) is 17.9. The van der Waals surface area contributed by atoms with Crippen molar-refractivity contribution in [3.63, 3.8) is 0 Å². The normalized spacial score (nSPS) is 16.7. The summed E-state index contributed by atoms with van der Waals surface area (Å²) < 4.78 is 6.56. The fraction of sp³-hybridized carbons (Fsp3) is 0.286. The highest BCUT2D eigenvalue weighted by molar-refractivity contribution is 9.10. The molecule has 0 spiro atoms. The SMILES string of the molecule is O=C(C=Cc1ccc(Br)cc1)NCC1(c2ccccc2)CCOCC1. The van der Waals surface area contributed by atoms with E-state index in [2.05, 4.69) is 45.5 Å². The molecule has 130 valence electrons. The van der Waals surface area contributed by atoms with Gasteiger partial charge in [0.25, 0.3) is 0 Å². The van der Waals surface area contributed by atoms with E-state index in [0.29, 0.717) is 6.54 Å². The van der Waals surface area contributed by atoms with Gasteiger partial charge in [0, 0.05) is 35.7 Å². The van der Waals surface area contributed by atoms with Crippen molar-refractivity contribution in [2.24, 2.45) is 0 Å². The Morgan fingerprint density at radius 3 is 2.44 bits per heavy atom. The van der Waals surface area contributed by atoms with Gasteiger partial charge in [-0.3, -0.25) is 4.79 Å². The Kier molecular flexibility index (Phi) is 6.05. The molecule has 1 saturated heterocycles. The van der Waals surface area contributed by atoms with Crippen molar-refractivity contribution < 1.29 is 9.53 Å². The van der Waals surface area contributed by atoms with Gasteiger partial charge in [-0.1, -0.05) is 58.4 Å². The van der Waals surface area contributed by atoms with Crippen LogP contribution in [0.15, 0.2) is 65.1 Å². The fourth-order valence-corrected chi connectivity index (χ4v) is 3.45. The molecule has 2 aromatic carbocycles. The highest BCUT2D eigenvalue weighted by Crippen LogP contribution is 2.34. The van der Waals surface area contributed by atoms with Crippen molar-refractivity contribution in [3.05, 3.63) is 76.3 Å². The van der Waals surface area contributed by atoms with Crippen LogP contribution in [0, 0.1) is 0 Å². The van der Waals surface area contributed by atoms with Crippen LogP contribution in [0.4, 0.5) is 0 Å². The summed E-state index contributed by atoms with van der Waals surface area (Å²) in [5.74, 6) is -0.0651. The second kappa shape index (κ2) is 8.45. The first-order valence-electron chi connectivity index (χ1n) is 8.53. The van der Waals surface area contributed by atoms with Gasteiger partial charge in [0.1, 0.15) is 0 Å². The molecule has 1 amide bonds. The molecule has 1 aliphatic rings. The summed E-state index contributed by atoms with van der Waals surface area (Å²) in [6, 6.07) is 18.3. The van der Waals surface area contributed by atoms with Gasteiger partial charge in [0.05, 0.1) is 0 Å². The molecule has 3 rings (SSSR count). The Bertz CT molecular complexity index is 719. The van der Waals surface area contributed by atoms with E-state index in [0.717, 1.165) is 36.1 Å². The van der Waals surface area contributed by atoms with E-state index < -0.39 is 0 Å². The Labute approximate surface area is 157 Å². The van der Waals surface area contributed by atoms with Crippen molar-refractivity contribution in [2.75, 3.05) is 19.8 Å². The van der Waals surface area contributed by atoms with Crippen molar-refractivity contribution in [3.8, 4) is 0 Å². The minimum Gasteiger partial charge on any atom is -0.381 e. The van der Waals surface area contributed by atoms with Crippen LogP contribution >= 0.6 is 15.9 Å². The first-order chi connectivity index (χ1) is 12.2. The van der Waals surface area contributed by atoms with Crippen molar-refractivity contribution in [1.29, 1.82) is 0 Å². The zero-order valence-electron chi connectivity index (χ0n) is 14.1. The Morgan fingerprint density at radius 2 is 1.76 bits per heavy atom. The Morgan fingerprint density at radius 1 is 1.08 bits per heavy atom. The predicted octanol–water partition coefficient (Wildman–Crippen LogP) is 4.33. The molecular weight excluding hydrogens is 378 g/mol. The number of carbonyl (C=O) groups is 1. The maximum atomic E-state index is 12.3. The van der Waals surface area contributed by atoms with Crippen molar-refractivity contribution in [2.45, 2.75) is 18.3 Å². The molecule has 0 aliphatic carbocycles. The van der Waals surface area contributed by atoms with E-state index in [-0.39, 0.29) is 11.3 Å². The predicted molar refractivity (Wildman–Crippen MR) is 104 cm³/mol. The van der Waals surface area contributed by atoms with Gasteiger partial charge in [-0.05, 0) is 42.2 Å². The van der Waals surface area contributed by atoms with E-state index in [9.17, 15) is 4.79 Å². The number of carbonyl (C=O) groups excluding carboxylic acids is 1. The Hall–Kier alpha value is -1.91. The van der Waals surface area contributed by atoms with Crippen molar-refractivity contribution in [1.82, 2.24) is 5.32 Å². The second-order valence-electron chi connectivity index (χ2n) is 6.36. The zero-order chi connectivity index (χ0) is 17.5. The quantitative estimate of drug-likeness (QED) is 0.759. The van der Waals surface area contributed by atoms with E-state index >= 15 is 0 Å². The van der Waals surface area contributed by atoms with E-state index in [4.69, 9.17) is 4.74 Å². The van der Waals surface area contributed by atoms with Crippen LogP contribution in [0.3, 0.4) is 0 Å². The summed E-state index contributed by atoms with van der Waals surface area (Å²) in [6.07, 6.45) is 5.28. The molecule has 0 atom stereocenters. The number of hydrogen-bond acceptors (Lipinski definition) is 2. The standard InChI is InChI=1S/C21H22BrNO2/c22-19-9-6-17(7-10-19)8-11-20(24)23-16-21(12-14-25-15-13-21)18-4-2-1-3-5-18/h1-11H,12-16H2,(H,23,24). The van der Waals surface area contributed by atoms with Gasteiger partial charge < -0.3 is 10.1 Å². The van der Waals surface area contributed by atoms with Crippen LogP contribution in [0.25, 0.3) is 6.08 Å². The smallest absolute Gasteiger partial charge is 0.244 e. The van der Waals surface area contributed by atoms with Gasteiger partial charge in [-0.25, -0.2) is 0 Å². The molecule has 4 heteroatoms. The molecule has 2 aromatic rings. The number of amides is 1. The van der Waals surface area contributed by atoms with Gasteiger partial charge in [-0.2, -0.15) is 0 Å². The summed E-state index contributed by atoms with van der Waals surface area (Å²) >= 11 is 3.41. The maximum absolute atomic E-state index is 12.3.